The lowest BCUT2D eigenvalue weighted by molar-refractivity contribution is -0.138. The number of rotatable bonds is 5. The van der Waals surface area contributed by atoms with Crippen molar-refractivity contribution < 1.29 is 17.9 Å². The maximum Gasteiger partial charge on any atom is 0.326 e. The van der Waals surface area contributed by atoms with Gasteiger partial charge in [-0.3, -0.25) is 9.10 Å². The second-order valence-electron chi connectivity index (χ2n) is 4.78. The minimum Gasteiger partial charge on any atom is -0.468 e. The molecule has 5 nitrogen and oxygen atoms in total. The number of anilines is 1. The molecule has 23 heavy (non-hydrogen) atoms. The van der Waals surface area contributed by atoms with Crippen molar-refractivity contribution in [1.29, 1.82) is 0 Å². The van der Waals surface area contributed by atoms with Gasteiger partial charge < -0.3 is 4.74 Å². The van der Waals surface area contributed by atoms with E-state index < -0.39 is 22.5 Å². The van der Waals surface area contributed by atoms with Crippen LogP contribution in [-0.4, -0.2) is 28.0 Å². The highest BCUT2D eigenvalue weighted by Crippen LogP contribution is 2.30. The van der Waals surface area contributed by atoms with Crippen molar-refractivity contribution in [2.24, 2.45) is 0 Å². The summed E-state index contributed by atoms with van der Waals surface area (Å²) in [7, 11) is -2.72. The van der Waals surface area contributed by atoms with E-state index in [-0.39, 0.29) is 4.90 Å². The number of benzene rings is 2. The van der Waals surface area contributed by atoms with Gasteiger partial charge in [-0.25, -0.2) is 8.42 Å². The van der Waals surface area contributed by atoms with Gasteiger partial charge in [0.1, 0.15) is 6.54 Å². The van der Waals surface area contributed by atoms with Crippen molar-refractivity contribution in [3.8, 4) is 0 Å². The first-order valence-corrected chi connectivity index (χ1v) is 8.59. The third-order valence-corrected chi connectivity index (χ3v) is 5.52. The van der Waals surface area contributed by atoms with Crippen LogP contribution in [0.3, 0.4) is 0 Å². The molecule has 2 aromatic rings. The summed E-state index contributed by atoms with van der Waals surface area (Å²) in [5, 5.41) is 0.417. The zero-order valence-electron chi connectivity index (χ0n) is 12.7. The van der Waals surface area contributed by atoms with Crippen molar-refractivity contribution >= 4 is 33.3 Å². The van der Waals surface area contributed by atoms with Gasteiger partial charge in [-0.1, -0.05) is 35.9 Å². The number of halogens is 1. The third-order valence-electron chi connectivity index (χ3n) is 3.34. The number of hydrogen-bond donors (Lipinski definition) is 0. The number of hydrogen-bond acceptors (Lipinski definition) is 4. The maximum absolute atomic E-state index is 12.9. The molecule has 0 atom stereocenters. The highest BCUT2D eigenvalue weighted by Gasteiger charge is 2.28. The van der Waals surface area contributed by atoms with E-state index in [9.17, 15) is 13.2 Å². The zero-order valence-corrected chi connectivity index (χ0v) is 14.3. The molecule has 2 rings (SSSR count). The number of methoxy groups -OCH3 is 1. The quantitative estimate of drug-likeness (QED) is 0.775. The Morgan fingerprint density at radius 2 is 1.78 bits per heavy atom. The van der Waals surface area contributed by atoms with Crippen LogP contribution in [0.5, 0.6) is 0 Å². The number of sulfonamides is 1. The number of carbonyl (C=O) groups is 1. The average Bonchev–Trinajstić information content (AvgIpc) is 2.56. The van der Waals surface area contributed by atoms with Crippen molar-refractivity contribution in [3.05, 3.63) is 59.1 Å². The summed E-state index contributed by atoms with van der Waals surface area (Å²) >= 11 is 6.09. The normalized spacial score (nSPS) is 11.1. The molecule has 0 radical (unpaired) electrons. The maximum atomic E-state index is 12.9. The Kier molecular flexibility index (Phi) is 5.28. The lowest BCUT2D eigenvalue weighted by Gasteiger charge is -2.25. The van der Waals surface area contributed by atoms with E-state index in [1.165, 1.54) is 19.2 Å². The van der Waals surface area contributed by atoms with Crippen LogP contribution < -0.4 is 4.31 Å². The molecule has 0 fully saturated rings. The molecule has 0 saturated heterocycles. The molecule has 0 aromatic heterocycles. The molecular weight excluding hydrogens is 338 g/mol. The van der Waals surface area contributed by atoms with Crippen LogP contribution >= 0.6 is 11.6 Å². The van der Waals surface area contributed by atoms with E-state index in [0.29, 0.717) is 16.3 Å². The SMILES string of the molecule is COC(=O)CN(c1cccc(Cl)c1C)S(=O)(=O)c1ccccc1. The van der Waals surface area contributed by atoms with Gasteiger partial charge in [0, 0.05) is 5.02 Å². The number of nitrogens with zero attached hydrogens (tertiary/aromatic N) is 1. The molecular formula is C16H16ClNO4S. The van der Waals surface area contributed by atoms with Crippen molar-refractivity contribution in [2.75, 3.05) is 18.0 Å². The molecule has 0 aliphatic heterocycles. The molecule has 0 amide bonds. The van der Waals surface area contributed by atoms with E-state index in [1.807, 2.05) is 0 Å². The van der Waals surface area contributed by atoms with Gasteiger partial charge >= 0.3 is 5.97 Å². The Morgan fingerprint density at radius 1 is 1.13 bits per heavy atom. The zero-order chi connectivity index (χ0) is 17.0. The van der Waals surface area contributed by atoms with Gasteiger partial charge in [-0.15, -0.1) is 0 Å². The number of ether oxygens (including phenoxy) is 1. The van der Waals surface area contributed by atoms with Crippen LogP contribution in [0.2, 0.25) is 5.02 Å². The summed E-state index contributed by atoms with van der Waals surface area (Å²) in [6.45, 7) is 1.26. The summed E-state index contributed by atoms with van der Waals surface area (Å²) in [6.07, 6.45) is 0. The van der Waals surface area contributed by atoms with Gasteiger partial charge in [0.15, 0.2) is 0 Å². The highest BCUT2D eigenvalue weighted by atomic mass is 35.5. The Balaban J connectivity index is 2.59. The molecule has 0 unspecified atom stereocenters. The molecule has 2 aromatic carbocycles. The lowest BCUT2D eigenvalue weighted by atomic mass is 10.2. The second-order valence-corrected chi connectivity index (χ2v) is 7.05. The van der Waals surface area contributed by atoms with E-state index in [1.54, 1.807) is 43.3 Å². The predicted molar refractivity (Wildman–Crippen MR) is 89.2 cm³/mol. The van der Waals surface area contributed by atoms with Crippen LogP contribution in [0.25, 0.3) is 0 Å². The standard InChI is InChI=1S/C16H16ClNO4S/c1-12-14(17)9-6-10-15(12)18(11-16(19)22-2)23(20,21)13-7-4-3-5-8-13/h3-10H,11H2,1-2H3. The van der Waals surface area contributed by atoms with E-state index in [0.717, 1.165) is 4.31 Å². The first kappa shape index (κ1) is 17.3. The van der Waals surface area contributed by atoms with E-state index in [2.05, 4.69) is 4.74 Å². The Labute approximate surface area is 140 Å². The Morgan fingerprint density at radius 3 is 2.39 bits per heavy atom. The topological polar surface area (TPSA) is 63.7 Å². The molecule has 0 bridgehead atoms. The largest absolute Gasteiger partial charge is 0.468 e. The van der Waals surface area contributed by atoms with E-state index >= 15 is 0 Å². The molecule has 0 aliphatic rings. The molecule has 0 aliphatic carbocycles. The van der Waals surface area contributed by atoms with Crippen molar-refractivity contribution in [2.45, 2.75) is 11.8 Å². The predicted octanol–water partition coefficient (Wildman–Crippen LogP) is 3.02. The van der Waals surface area contributed by atoms with Crippen LogP contribution in [0.1, 0.15) is 5.56 Å². The summed E-state index contributed by atoms with van der Waals surface area (Å²) in [4.78, 5) is 11.8. The Bertz CT molecular complexity index is 806. The van der Waals surface area contributed by atoms with Gasteiger partial charge in [0.2, 0.25) is 0 Å². The summed E-state index contributed by atoms with van der Waals surface area (Å²) < 4.78 is 31.5. The Hall–Kier alpha value is -2.05. The summed E-state index contributed by atoms with van der Waals surface area (Å²) in [5.74, 6) is -0.663. The monoisotopic (exact) mass is 353 g/mol. The fraction of sp³-hybridized carbons (Fsp3) is 0.188. The lowest BCUT2D eigenvalue weighted by Crippen LogP contribution is -2.36. The highest BCUT2D eigenvalue weighted by molar-refractivity contribution is 7.92. The van der Waals surface area contributed by atoms with E-state index in [4.69, 9.17) is 11.6 Å². The van der Waals surface area contributed by atoms with Crippen molar-refractivity contribution in [3.63, 3.8) is 0 Å². The minimum absolute atomic E-state index is 0.0864. The summed E-state index contributed by atoms with van der Waals surface area (Å²) in [6, 6.07) is 12.8. The van der Waals surface area contributed by atoms with Crippen molar-refractivity contribution in [1.82, 2.24) is 0 Å². The molecule has 122 valence electrons. The smallest absolute Gasteiger partial charge is 0.326 e. The van der Waals surface area contributed by atoms with Gasteiger partial charge in [0.05, 0.1) is 17.7 Å². The average molecular weight is 354 g/mol. The van der Waals surface area contributed by atoms with Crippen LogP contribution in [0.15, 0.2) is 53.4 Å². The minimum atomic E-state index is -3.92. The molecule has 0 heterocycles. The molecule has 0 N–H and O–H groups in total. The first-order chi connectivity index (χ1) is 10.9. The molecule has 0 saturated carbocycles. The fourth-order valence-electron chi connectivity index (χ4n) is 2.07. The molecule has 7 heteroatoms. The van der Waals surface area contributed by atoms with Gasteiger partial charge in [-0.2, -0.15) is 0 Å². The third kappa shape index (κ3) is 3.65. The number of carbonyl (C=O) groups excluding carboxylic acids is 1. The van der Waals surface area contributed by atoms with Crippen LogP contribution in [0, 0.1) is 6.92 Å². The molecule has 0 spiro atoms. The fourth-order valence-corrected chi connectivity index (χ4v) is 3.72. The van der Waals surface area contributed by atoms with Crippen LogP contribution in [0.4, 0.5) is 5.69 Å². The van der Waals surface area contributed by atoms with Gasteiger partial charge in [-0.05, 0) is 36.8 Å². The summed E-state index contributed by atoms with van der Waals surface area (Å²) in [5.41, 5.74) is 0.907. The first-order valence-electron chi connectivity index (χ1n) is 6.77. The number of esters is 1. The van der Waals surface area contributed by atoms with Gasteiger partial charge in [0.25, 0.3) is 10.0 Å². The second kappa shape index (κ2) is 7.02. The van der Waals surface area contributed by atoms with Crippen LogP contribution in [-0.2, 0) is 19.6 Å².